The highest BCUT2D eigenvalue weighted by molar-refractivity contribution is 8.00. The lowest BCUT2D eigenvalue weighted by Gasteiger charge is -2.36. The molecule has 0 spiro atoms. The number of ether oxygens (including phenoxy) is 2. The van der Waals surface area contributed by atoms with E-state index >= 15 is 0 Å². The van der Waals surface area contributed by atoms with E-state index in [1.807, 2.05) is 110 Å². The first-order valence-electron chi connectivity index (χ1n) is 44.2. The van der Waals surface area contributed by atoms with Crippen molar-refractivity contribution in [3.05, 3.63) is 273 Å². The van der Waals surface area contributed by atoms with E-state index in [1.54, 1.807) is 0 Å². The lowest BCUT2D eigenvalue weighted by molar-refractivity contribution is -0.155. The number of carbonyl (C=O) groups is 1. The molecule has 0 saturated carbocycles. The summed E-state index contributed by atoms with van der Waals surface area (Å²) in [5.41, 5.74) is 13.4. The van der Waals surface area contributed by atoms with Gasteiger partial charge >= 0.3 is 5.97 Å². The Morgan fingerprint density at radius 3 is 0.928 bits per heavy atom. The number of fused-ring (bicyclic) bond motifs is 10. The summed E-state index contributed by atoms with van der Waals surface area (Å²) >= 11 is 41.0. The van der Waals surface area contributed by atoms with Crippen molar-refractivity contribution >= 4 is 180 Å². The van der Waals surface area contributed by atoms with Crippen LogP contribution in [0.4, 0.5) is 56.9 Å². The van der Waals surface area contributed by atoms with E-state index in [1.165, 1.54) is 157 Å². The van der Waals surface area contributed by atoms with Crippen LogP contribution in [0, 0.1) is 0 Å². The number of esters is 1. The van der Waals surface area contributed by atoms with Gasteiger partial charge in [0.15, 0.2) is 0 Å². The van der Waals surface area contributed by atoms with Gasteiger partial charge in [-0.25, -0.2) is 0 Å². The summed E-state index contributed by atoms with van der Waals surface area (Å²) in [6, 6.07) is 85.3. The lowest BCUT2D eigenvalue weighted by atomic mass is 10.1. The molecule has 3 fully saturated rings. The third kappa shape index (κ3) is 24.5. The molecule has 125 heavy (non-hydrogen) atoms. The van der Waals surface area contributed by atoms with Gasteiger partial charge in [0, 0.05) is 179 Å². The van der Waals surface area contributed by atoms with E-state index in [0.29, 0.717) is 6.42 Å². The Balaban J connectivity index is 0.000000127. The van der Waals surface area contributed by atoms with E-state index in [2.05, 4.69) is 261 Å². The number of para-hydroxylation sites is 5. The predicted molar refractivity (Wildman–Crippen MR) is 531 cm³/mol. The first-order valence-corrected chi connectivity index (χ1v) is 50.2. The Labute approximate surface area is 786 Å². The quantitative estimate of drug-likeness (QED) is 0.0510. The van der Waals surface area contributed by atoms with Crippen LogP contribution in [0.1, 0.15) is 84.1 Å². The predicted octanol–water partition coefficient (Wildman–Crippen LogP) is 27.3. The Bertz CT molecular complexity index is 5210. The number of likely N-dealkylation sites (tertiary alicyclic amines) is 1. The van der Waals surface area contributed by atoms with Gasteiger partial charge in [-0.05, 0) is 249 Å². The minimum atomic E-state index is -0.408. The summed E-state index contributed by atoms with van der Waals surface area (Å²) in [7, 11) is 0. The number of piperidine rings is 1. The molecule has 0 N–H and O–H groups in total. The summed E-state index contributed by atoms with van der Waals surface area (Å²) in [6.07, 6.45) is 10.1. The van der Waals surface area contributed by atoms with Crippen LogP contribution >= 0.6 is 117 Å². The van der Waals surface area contributed by atoms with E-state index in [-0.39, 0.29) is 5.97 Å². The molecular weight excluding hydrogens is 1750 g/mol. The van der Waals surface area contributed by atoms with Crippen molar-refractivity contribution in [2.75, 3.05) is 162 Å². The number of nitrogens with zero attached hydrogens (tertiary/aromatic N) is 10. The molecule has 0 aliphatic carbocycles. The molecule has 3 saturated heterocycles. The number of piperazine rings is 1. The van der Waals surface area contributed by atoms with Crippen molar-refractivity contribution in [3.63, 3.8) is 0 Å². The second-order valence-electron chi connectivity index (χ2n) is 33.6. The van der Waals surface area contributed by atoms with Crippen molar-refractivity contribution in [1.82, 2.24) is 24.5 Å². The van der Waals surface area contributed by atoms with E-state index in [4.69, 9.17) is 67.5 Å². The summed E-state index contributed by atoms with van der Waals surface area (Å²) in [5.74, 6) is -0.106. The highest BCUT2D eigenvalue weighted by Crippen LogP contribution is 2.54. The molecule has 19 rings (SSSR count). The SMILES string of the molecule is CC(C)(C)OC(=O)CCN1CCN(CCCN2c3ccccc3Sc3ccc(Cl)cc32)CC1.Clc1ccc2c(c1)N(CCCN(CCCN1c3ccccc3Sc3ccc(Cl)cc31)Cc1ccccc1)c1ccccc1S2.Clc1ccc2c(c1)N(CCCN1CCCCC1)c1ccccc1S2.Clc1ccc2c(c1)N(CCCN1CCOCC1)c1ccccc1S2. The van der Waals surface area contributed by atoms with Gasteiger partial charge in [-0.2, -0.15) is 0 Å². The lowest BCUT2D eigenvalue weighted by Crippen LogP contribution is -2.47. The second-order valence-corrected chi connectivity index (χ2v) is 41.2. The molecule has 652 valence electrons. The Kier molecular flexibility index (Phi) is 32.4. The molecule has 8 aliphatic rings. The minimum Gasteiger partial charge on any atom is -0.460 e. The molecule has 0 amide bonds. The van der Waals surface area contributed by atoms with Crippen LogP contribution in [0.15, 0.2) is 292 Å². The fourth-order valence-electron chi connectivity index (χ4n) is 17.5. The molecular formula is C102H111Cl5N10O3S5. The molecule has 8 aliphatic heterocycles. The molecule has 0 atom stereocenters. The zero-order valence-electron chi connectivity index (χ0n) is 71.6. The van der Waals surface area contributed by atoms with Crippen LogP contribution in [-0.4, -0.2) is 174 Å². The van der Waals surface area contributed by atoms with Crippen molar-refractivity contribution in [2.45, 2.75) is 140 Å². The Morgan fingerprint density at radius 2 is 0.600 bits per heavy atom. The van der Waals surface area contributed by atoms with Gasteiger partial charge in [0.25, 0.3) is 0 Å². The van der Waals surface area contributed by atoms with Crippen LogP contribution in [-0.2, 0) is 20.8 Å². The van der Waals surface area contributed by atoms with Crippen molar-refractivity contribution in [3.8, 4) is 0 Å². The van der Waals surface area contributed by atoms with Gasteiger partial charge < -0.3 is 48.7 Å². The number of anilines is 10. The second kappa shape index (κ2) is 44.4. The van der Waals surface area contributed by atoms with E-state index in [0.717, 1.165) is 175 Å². The normalized spacial score (nSPS) is 15.9. The zero-order valence-corrected chi connectivity index (χ0v) is 79.5. The molecule has 0 bridgehead atoms. The number of hydrogen-bond acceptors (Lipinski definition) is 18. The van der Waals surface area contributed by atoms with Crippen LogP contribution in [0.25, 0.3) is 0 Å². The highest BCUT2D eigenvalue weighted by Gasteiger charge is 2.31. The molecule has 11 aromatic carbocycles. The molecule has 8 heterocycles. The fourth-order valence-corrected chi connectivity index (χ4v) is 23.7. The van der Waals surface area contributed by atoms with Crippen molar-refractivity contribution in [2.24, 2.45) is 0 Å². The number of rotatable bonds is 25. The number of halogens is 5. The molecule has 0 radical (unpaired) electrons. The standard InChI is InChI=1S/C37H33Cl2N3S2.C26H34ClN3O2S.C20H23ClN2S.C19H21ClN2OS/c38-28-16-18-36-32(24-28)41(30-12-4-6-14-34(30)43-36)22-8-20-40(26-27-10-2-1-3-11-27)21-9-23-42-31-13-5-7-15-35(31)44-37-19-17-29(39)25-33(37)42;1-26(2,3)32-25(31)11-14-29-17-15-28(16-18-29)12-6-13-30-21-7-4-5-8-23(21)33-24-10-9-20(27)19-22(24)30;21-16-9-10-20-18(15-16)23(17-7-2-3-8-19(17)24-20)14-6-13-22-11-4-1-5-12-22;20-15-6-7-19-17(14-15)22(16-4-1-2-5-18(16)24-19)9-3-8-21-10-12-23-13-11-21/h1-7,10-19,24-25H,8-9,20-23,26H2;4-5,7-10,19H,6,11-18H2,1-3H3;2-3,7-10,15H,1,4-6,11-14H2;1-2,4-7,14H,3,8-13H2. The van der Waals surface area contributed by atoms with Gasteiger partial charge in [0.2, 0.25) is 0 Å². The van der Waals surface area contributed by atoms with Crippen LogP contribution in [0.2, 0.25) is 25.1 Å². The Morgan fingerprint density at radius 1 is 0.320 bits per heavy atom. The van der Waals surface area contributed by atoms with E-state index < -0.39 is 5.60 Å². The molecule has 23 heteroatoms. The van der Waals surface area contributed by atoms with Crippen LogP contribution < -0.4 is 24.5 Å². The maximum Gasteiger partial charge on any atom is 0.307 e. The van der Waals surface area contributed by atoms with Crippen molar-refractivity contribution < 1.29 is 14.3 Å². The number of benzene rings is 11. The number of hydrogen-bond donors (Lipinski definition) is 0. The maximum absolute atomic E-state index is 12.0. The fraction of sp³-hybridized carbons (Fsp3) is 0.343. The first-order chi connectivity index (χ1) is 61.0. The Hall–Kier alpha value is -7.15. The van der Waals surface area contributed by atoms with Crippen LogP contribution in [0.3, 0.4) is 0 Å². The van der Waals surface area contributed by atoms with Crippen molar-refractivity contribution in [1.29, 1.82) is 0 Å². The maximum atomic E-state index is 12.0. The highest BCUT2D eigenvalue weighted by atomic mass is 35.5. The third-order valence-electron chi connectivity index (χ3n) is 23.5. The molecule has 0 unspecified atom stereocenters. The topological polar surface area (TPSA) is 67.9 Å². The number of carbonyl (C=O) groups excluding carboxylic acids is 1. The summed E-state index contributed by atoms with van der Waals surface area (Å²) in [5, 5.41) is 3.95. The van der Waals surface area contributed by atoms with Gasteiger partial charge in [-0.15, -0.1) is 0 Å². The summed E-state index contributed by atoms with van der Waals surface area (Å²) < 4.78 is 10.9. The molecule has 0 aromatic heterocycles. The largest absolute Gasteiger partial charge is 0.460 e. The van der Waals surface area contributed by atoms with E-state index in [9.17, 15) is 4.79 Å². The average Bonchev–Trinajstić information content (AvgIpc) is 0.795. The smallest absolute Gasteiger partial charge is 0.307 e. The average molecular weight is 1860 g/mol. The monoisotopic (exact) mass is 1860 g/mol. The third-order valence-corrected chi connectivity index (χ3v) is 30.4. The zero-order chi connectivity index (χ0) is 86.0. The number of morpholine rings is 1. The minimum absolute atomic E-state index is 0.106. The van der Waals surface area contributed by atoms with Crippen LogP contribution in [0.5, 0.6) is 0 Å². The van der Waals surface area contributed by atoms with Gasteiger partial charge in [-0.1, -0.05) is 214 Å². The van der Waals surface area contributed by atoms with Gasteiger partial charge in [0.05, 0.1) is 76.5 Å². The molecule has 13 nitrogen and oxygen atoms in total. The molecule has 11 aromatic rings. The van der Waals surface area contributed by atoms with Gasteiger partial charge in [0.1, 0.15) is 5.60 Å². The summed E-state index contributed by atoms with van der Waals surface area (Å²) in [4.78, 5) is 49.7. The van der Waals surface area contributed by atoms with Gasteiger partial charge in [-0.3, -0.25) is 14.6 Å². The first kappa shape index (κ1) is 91.2. The summed E-state index contributed by atoms with van der Waals surface area (Å²) in [6.45, 7) is 28.2.